The number of rotatable bonds is 4. The topological polar surface area (TPSA) is 38.3 Å². The second-order valence-corrected chi connectivity index (χ2v) is 7.84. The van der Waals surface area contributed by atoms with Crippen molar-refractivity contribution in [2.24, 2.45) is 0 Å². The van der Waals surface area contributed by atoms with Crippen molar-refractivity contribution in [3.8, 4) is 16.9 Å². The number of benzene rings is 1. The summed E-state index contributed by atoms with van der Waals surface area (Å²) in [5, 5.41) is 3.59. The second kappa shape index (κ2) is 7.41. The van der Waals surface area contributed by atoms with Gasteiger partial charge in [0.05, 0.1) is 12.0 Å². The molecule has 26 heavy (non-hydrogen) atoms. The van der Waals surface area contributed by atoms with Gasteiger partial charge in [-0.3, -0.25) is 0 Å². The van der Waals surface area contributed by atoms with Gasteiger partial charge in [0.25, 0.3) is 0 Å². The molecule has 0 N–H and O–H groups in total. The molecule has 1 fully saturated rings. The van der Waals surface area contributed by atoms with Crippen molar-refractivity contribution < 1.29 is 4.74 Å². The quantitative estimate of drug-likeness (QED) is 0.531. The van der Waals surface area contributed by atoms with Crippen LogP contribution in [0.2, 0.25) is 5.28 Å². The Kier molecular flexibility index (Phi) is 5.00. The van der Waals surface area contributed by atoms with Gasteiger partial charge in [0.2, 0.25) is 5.28 Å². The maximum Gasteiger partial charge on any atom is 0.225 e. The van der Waals surface area contributed by atoms with Crippen LogP contribution in [-0.2, 0) is 0 Å². The molecule has 4 nitrogen and oxygen atoms in total. The summed E-state index contributed by atoms with van der Waals surface area (Å²) in [4.78, 5) is 12.5. The van der Waals surface area contributed by atoms with Gasteiger partial charge in [-0.1, -0.05) is 12.1 Å². The highest BCUT2D eigenvalue weighted by Crippen LogP contribution is 2.40. The standard InChI is InChI=1S/C20H22ClN3OS/c1-3-25-15-9-7-14(8-10-15)16-12-26-19-17(16)18(22-20(21)23-19)24-11-5-4-6-13(24)2/h7-10,12-13H,3-6,11H2,1-2H3. The van der Waals surface area contributed by atoms with Crippen LogP contribution in [0.3, 0.4) is 0 Å². The lowest BCUT2D eigenvalue weighted by molar-refractivity contribution is 0.340. The molecule has 0 spiro atoms. The van der Waals surface area contributed by atoms with E-state index in [-0.39, 0.29) is 0 Å². The van der Waals surface area contributed by atoms with Crippen LogP contribution in [0, 0.1) is 0 Å². The fraction of sp³-hybridized carbons (Fsp3) is 0.400. The Morgan fingerprint density at radius 1 is 1.23 bits per heavy atom. The van der Waals surface area contributed by atoms with Gasteiger partial charge >= 0.3 is 0 Å². The van der Waals surface area contributed by atoms with Gasteiger partial charge in [-0.2, -0.15) is 4.98 Å². The summed E-state index contributed by atoms with van der Waals surface area (Å²) in [5.74, 6) is 1.86. The molecule has 2 aromatic heterocycles. The van der Waals surface area contributed by atoms with E-state index in [0.717, 1.165) is 39.5 Å². The molecule has 0 amide bonds. The number of piperidine rings is 1. The van der Waals surface area contributed by atoms with E-state index in [1.807, 2.05) is 19.1 Å². The molecule has 3 aromatic rings. The molecule has 1 aliphatic heterocycles. The van der Waals surface area contributed by atoms with E-state index in [9.17, 15) is 0 Å². The predicted octanol–water partition coefficient (Wildman–Crippen LogP) is 5.79. The lowest BCUT2D eigenvalue weighted by Gasteiger charge is -2.35. The molecule has 6 heteroatoms. The van der Waals surface area contributed by atoms with Crippen molar-refractivity contribution in [2.75, 3.05) is 18.1 Å². The van der Waals surface area contributed by atoms with Gasteiger partial charge in [0.1, 0.15) is 16.4 Å². The number of nitrogens with zero attached hydrogens (tertiary/aromatic N) is 3. The summed E-state index contributed by atoms with van der Waals surface area (Å²) in [6, 6.07) is 8.70. The first-order valence-corrected chi connectivity index (χ1v) is 10.4. The van der Waals surface area contributed by atoms with Gasteiger partial charge < -0.3 is 9.64 Å². The fourth-order valence-corrected chi connectivity index (χ4v) is 4.78. The van der Waals surface area contributed by atoms with Crippen molar-refractivity contribution in [1.29, 1.82) is 0 Å². The number of fused-ring (bicyclic) bond motifs is 1. The molecule has 1 unspecified atom stereocenters. The fourth-order valence-electron chi connectivity index (χ4n) is 3.63. The monoisotopic (exact) mass is 387 g/mol. The molecule has 3 heterocycles. The van der Waals surface area contributed by atoms with E-state index in [0.29, 0.717) is 17.9 Å². The van der Waals surface area contributed by atoms with Gasteiger partial charge in [-0.05, 0) is 62.4 Å². The molecule has 0 aliphatic carbocycles. The summed E-state index contributed by atoms with van der Waals surface area (Å²) in [7, 11) is 0. The minimum absolute atomic E-state index is 0.324. The summed E-state index contributed by atoms with van der Waals surface area (Å²) >= 11 is 7.87. The Bertz CT molecular complexity index is 909. The minimum Gasteiger partial charge on any atom is -0.494 e. The first-order valence-electron chi connectivity index (χ1n) is 9.12. The van der Waals surface area contributed by atoms with Crippen LogP contribution in [0.15, 0.2) is 29.6 Å². The smallest absolute Gasteiger partial charge is 0.225 e. The largest absolute Gasteiger partial charge is 0.494 e. The van der Waals surface area contributed by atoms with Crippen molar-refractivity contribution in [1.82, 2.24) is 9.97 Å². The SMILES string of the molecule is CCOc1ccc(-c2csc3nc(Cl)nc(N4CCCCC4C)c23)cc1. The molecule has 1 aromatic carbocycles. The molecule has 0 radical (unpaired) electrons. The summed E-state index contributed by atoms with van der Waals surface area (Å²) in [6.45, 7) is 5.95. The summed E-state index contributed by atoms with van der Waals surface area (Å²) in [6.07, 6.45) is 3.65. The highest BCUT2D eigenvalue weighted by atomic mass is 35.5. The molecular weight excluding hydrogens is 366 g/mol. The molecule has 4 rings (SSSR count). The van der Waals surface area contributed by atoms with Gasteiger partial charge in [0, 0.05) is 23.5 Å². The highest BCUT2D eigenvalue weighted by molar-refractivity contribution is 7.17. The summed E-state index contributed by atoms with van der Waals surface area (Å²) < 4.78 is 5.57. The van der Waals surface area contributed by atoms with Crippen LogP contribution < -0.4 is 9.64 Å². The Morgan fingerprint density at radius 3 is 2.77 bits per heavy atom. The number of halogens is 1. The number of hydrogen-bond donors (Lipinski definition) is 0. The predicted molar refractivity (Wildman–Crippen MR) is 110 cm³/mol. The lowest BCUT2D eigenvalue weighted by Crippen LogP contribution is -2.38. The molecule has 1 atom stereocenters. The second-order valence-electron chi connectivity index (χ2n) is 6.64. The lowest BCUT2D eigenvalue weighted by atomic mass is 10.0. The van der Waals surface area contributed by atoms with E-state index >= 15 is 0 Å². The Balaban J connectivity index is 1.83. The van der Waals surface area contributed by atoms with E-state index < -0.39 is 0 Å². The summed E-state index contributed by atoms with van der Waals surface area (Å²) in [5.41, 5.74) is 2.31. The average Bonchev–Trinajstić information content (AvgIpc) is 3.06. The zero-order valence-corrected chi connectivity index (χ0v) is 16.6. The van der Waals surface area contributed by atoms with Gasteiger partial charge in [-0.25, -0.2) is 4.98 Å². The van der Waals surface area contributed by atoms with Crippen molar-refractivity contribution >= 4 is 39.0 Å². The molecule has 0 saturated carbocycles. The molecule has 136 valence electrons. The first kappa shape index (κ1) is 17.6. The average molecular weight is 388 g/mol. The first-order chi connectivity index (χ1) is 12.7. The van der Waals surface area contributed by atoms with Crippen molar-refractivity contribution in [3.63, 3.8) is 0 Å². The van der Waals surface area contributed by atoms with Crippen LogP contribution in [0.25, 0.3) is 21.3 Å². The Labute approximate surface area is 162 Å². The number of aromatic nitrogens is 2. The van der Waals surface area contributed by atoms with Crippen LogP contribution in [-0.4, -0.2) is 29.2 Å². The van der Waals surface area contributed by atoms with Crippen molar-refractivity contribution in [3.05, 3.63) is 34.9 Å². The Hall–Kier alpha value is -1.85. The normalized spacial score (nSPS) is 17.7. The van der Waals surface area contributed by atoms with Gasteiger partial charge in [0.15, 0.2) is 0 Å². The third-order valence-electron chi connectivity index (χ3n) is 4.94. The van der Waals surface area contributed by atoms with Crippen LogP contribution in [0.4, 0.5) is 5.82 Å². The van der Waals surface area contributed by atoms with E-state index in [1.54, 1.807) is 11.3 Å². The van der Waals surface area contributed by atoms with E-state index in [2.05, 4.69) is 39.3 Å². The molecule has 0 bridgehead atoms. The molecule has 1 aliphatic rings. The van der Waals surface area contributed by atoms with E-state index in [4.69, 9.17) is 16.3 Å². The van der Waals surface area contributed by atoms with Crippen LogP contribution in [0.5, 0.6) is 5.75 Å². The highest BCUT2D eigenvalue weighted by Gasteiger charge is 2.25. The molecular formula is C20H22ClN3OS. The number of anilines is 1. The zero-order valence-electron chi connectivity index (χ0n) is 15.0. The zero-order chi connectivity index (χ0) is 18.1. The van der Waals surface area contributed by atoms with Crippen LogP contribution in [0.1, 0.15) is 33.1 Å². The maximum atomic E-state index is 6.24. The third kappa shape index (κ3) is 3.26. The number of ether oxygens (including phenoxy) is 1. The van der Waals surface area contributed by atoms with Crippen molar-refractivity contribution in [2.45, 2.75) is 39.2 Å². The number of thiophene rings is 1. The minimum atomic E-state index is 0.324. The molecule has 1 saturated heterocycles. The maximum absolute atomic E-state index is 6.24. The van der Waals surface area contributed by atoms with Crippen LogP contribution >= 0.6 is 22.9 Å². The van der Waals surface area contributed by atoms with E-state index in [1.165, 1.54) is 19.3 Å². The van der Waals surface area contributed by atoms with Gasteiger partial charge in [-0.15, -0.1) is 11.3 Å². The number of hydrogen-bond acceptors (Lipinski definition) is 5. The third-order valence-corrected chi connectivity index (χ3v) is 5.98. The Morgan fingerprint density at radius 2 is 2.04 bits per heavy atom.